The second-order valence-corrected chi connectivity index (χ2v) is 7.24. The van der Waals surface area contributed by atoms with Crippen LogP contribution in [0.4, 0.5) is 10.5 Å². The van der Waals surface area contributed by atoms with Gasteiger partial charge in [0, 0.05) is 16.1 Å². The van der Waals surface area contributed by atoms with Crippen LogP contribution in [0.1, 0.15) is 28.4 Å². The zero-order valence-electron chi connectivity index (χ0n) is 16.8. The summed E-state index contributed by atoms with van der Waals surface area (Å²) in [5.41, 5.74) is 1.86. The molecule has 3 aromatic carbocycles. The summed E-state index contributed by atoms with van der Waals surface area (Å²) in [4.78, 5) is 37.5. The lowest BCUT2D eigenvalue weighted by molar-refractivity contribution is -0.117. The van der Waals surface area contributed by atoms with Crippen LogP contribution in [-0.4, -0.2) is 23.8 Å². The average Bonchev–Trinajstić information content (AvgIpc) is 2.79. The van der Waals surface area contributed by atoms with Crippen molar-refractivity contribution in [3.8, 4) is 0 Å². The van der Waals surface area contributed by atoms with Gasteiger partial charge in [-0.05, 0) is 30.7 Å². The molecular weight excluding hydrogens is 416 g/mol. The van der Waals surface area contributed by atoms with Crippen molar-refractivity contribution in [1.82, 2.24) is 5.32 Å². The molecule has 0 radical (unpaired) electrons. The van der Waals surface area contributed by atoms with Gasteiger partial charge in [-0.3, -0.25) is 9.59 Å². The third-order valence-corrected chi connectivity index (χ3v) is 4.70. The first-order valence-electron chi connectivity index (χ1n) is 9.61. The first-order chi connectivity index (χ1) is 14.9. The molecule has 158 valence electrons. The molecular formula is C24H21ClN2O4. The maximum atomic E-state index is 12.9. The number of ether oxygens (including phenoxy) is 1. The fraction of sp³-hybridized carbons (Fsp3) is 0.125. The molecule has 3 aromatic rings. The molecule has 0 spiro atoms. The summed E-state index contributed by atoms with van der Waals surface area (Å²) in [6.45, 7) is 1.61. The van der Waals surface area contributed by atoms with E-state index >= 15 is 0 Å². The van der Waals surface area contributed by atoms with Crippen molar-refractivity contribution in [2.75, 3.05) is 5.32 Å². The summed E-state index contributed by atoms with van der Waals surface area (Å²) in [5, 5.41) is 5.52. The third kappa shape index (κ3) is 6.17. The molecule has 0 aliphatic carbocycles. The van der Waals surface area contributed by atoms with Crippen molar-refractivity contribution in [2.24, 2.45) is 0 Å². The van der Waals surface area contributed by atoms with Crippen molar-refractivity contribution in [2.45, 2.75) is 19.6 Å². The van der Waals surface area contributed by atoms with Crippen LogP contribution in [0, 0.1) is 0 Å². The van der Waals surface area contributed by atoms with Crippen molar-refractivity contribution < 1.29 is 19.1 Å². The van der Waals surface area contributed by atoms with Crippen LogP contribution in [0.15, 0.2) is 78.9 Å². The van der Waals surface area contributed by atoms with Gasteiger partial charge in [0.25, 0.3) is 0 Å². The van der Waals surface area contributed by atoms with E-state index in [1.807, 2.05) is 36.4 Å². The van der Waals surface area contributed by atoms with E-state index in [4.69, 9.17) is 16.3 Å². The maximum Gasteiger partial charge on any atom is 0.408 e. The molecule has 0 heterocycles. The Morgan fingerprint density at radius 1 is 0.935 bits per heavy atom. The smallest absolute Gasteiger partial charge is 0.408 e. The van der Waals surface area contributed by atoms with E-state index in [1.165, 1.54) is 13.0 Å². The zero-order chi connectivity index (χ0) is 22.2. The van der Waals surface area contributed by atoms with Gasteiger partial charge in [-0.1, -0.05) is 72.3 Å². The van der Waals surface area contributed by atoms with E-state index < -0.39 is 18.0 Å². The molecule has 1 atom stereocenters. The fourth-order valence-electron chi connectivity index (χ4n) is 2.81. The molecule has 3 rings (SSSR count). The van der Waals surface area contributed by atoms with Crippen molar-refractivity contribution in [1.29, 1.82) is 0 Å². The number of nitrogens with one attached hydrogen (secondary N) is 2. The quantitative estimate of drug-likeness (QED) is 0.520. The molecule has 0 saturated carbocycles. The number of carbonyl (C=O) groups is 3. The van der Waals surface area contributed by atoms with E-state index in [0.29, 0.717) is 16.3 Å². The van der Waals surface area contributed by atoms with E-state index in [0.717, 1.165) is 5.56 Å². The molecule has 31 heavy (non-hydrogen) atoms. The average molecular weight is 437 g/mol. The summed E-state index contributed by atoms with van der Waals surface area (Å²) in [6.07, 6.45) is -0.719. The van der Waals surface area contributed by atoms with Gasteiger partial charge >= 0.3 is 6.09 Å². The largest absolute Gasteiger partial charge is 0.445 e. The molecule has 7 heteroatoms. The van der Waals surface area contributed by atoms with Crippen LogP contribution in [-0.2, 0) is 16.1 Å². The van der Waals surface area contributed by atoms with Crippen molar-refractivity contribution >= 4 is 35.1 Å². The molecule has 0 saturated heterocycles. The third-order valence-electron chi connectivity index (χ3n) is 4.46. The lowest BCUT2D eigenvalue weighted by atomic mass is 10.0. The van der Waals surface area contributed by atoms with Gasteiger partial charge in [-0.15, -0.1) is 0 Å². The Hall–Kier alpha value is -3.64. The number of ketones is 1. The van der Waals surface area contributed by atoms with Crippen LogP contribution < -0.4 is 10.6 Å². The van der Waals surface area contributed by atoms with Gasteiger partial charge in [0.05, 0.1) is 5.69 Å². The Balaban J connectivity index is 1.64. The minimum atomic E-state index is -0.890. The number of hydrogen-bond acceptors (Lipinski definition) is 4. The number of halogens is 1. The minimum Gasteiger partial charge on any atom is -0.445 e. The van der Waals surface area contributed by atoms with Crippen LogP contribution in [0.2, 0.25) is 5.02 Å². The van der Waals surface area contributed by atoms with Crippen LogP contribution in [0.3, 0.4) is 0 Å². The topological polar surface area (TPSA) is 84.5 Å². The number of hydrogen-bond donors (Lipinski definition) is 2. The molecule has 0 aliphatic rings. The Morgan fingerprint density at radius 2 is 1.58 bits per heavy atom. The highest BCUT2D eigenvalue weighted by atomic mass is 35.5. The minimum absolute atomic E-state index is 0.0912. The number of anilines is 1. The molecule has 0 bridgehead atoms. The van der Waals surface area contributed by atoms with E-state index in [1.54, 1.807) is 36.4 Å². The molecule has 0 fully saturated rings. The highest BCUT2D eigenvalue weighted by molar-refractivity contribution is 6.31. The standard InChI is InChI=1S/C24H21ClN2O4/c1-16(26-24(30)31-15-17-8-4-2-5-9-17)23(29)27-21-13-12-19(25)14-20(21)22(28)18-10-6-3-7-11-18/h2-14,16H,15H2,1H3,(H,26,30)(H,27,29)/t16-/m0/s1. The highest BCUT2D eigenvalue weighted by Gasteiger charge is 2.20. The first kappa shape index (κ1) is 22.1. The van der Waals surface area contributed by atoms with Gasteiger partial charge in [0.1, 0.15) is 12.6 Å². The Morgan fingerprint density at radius 3 is 2.26 bits per heavy atom. The second-order valence-electron chi connectivity index (χ2n) is 6.80. The first-order valence-corrected chi connectivity index (χ1v) is 9.99. The fourth-order valence-corrected chi connectivity index (χ4v) is 2.98. The van der Waals surface area contributed by atoms with Crippen LogP contribution in [0.5, 0.6) is 0 Å². The summed E-state index contributed by atoms with van der Waals surface area (Å²) >= 11 is 6.06. The van der Waals surface area contributed by atoms with E-state index in [2.05, 4.69) is 10.6 Å². The normalized spacial score (nSPS) is 11.3. The van der Waals surface area contributed by atoms with E-state index in [9.17, 15) is 14.4 Å². The number of benzene rings is 3. The summed E-state index contributed by atoms with van der Waals surface area (Å²) in [6, 6.07) is 21.6. The maximum absolute atomic E-state index is 12.9. The highest BCUT2D eigenvalue weighted by Crippen LogP contribution is 2.24. The zero-order valence-corrected chi connectivity index (χ0v) is 17.6. The summed E-state index contributed by atoms with van der Waals surface area (Å²) in [7, 11) is 0. The van der Waals surface area contributed by atoms with Gasteiger partial charge in [-0.25, -0.2) is 4.79 Å². The SMILES string of the molecule is C[C@H](NC(=O)OCc1ccccc1)C(=O)Nc1ccc(Cl)cc1C(=O)c1ccccc1. The molecule has 0 aromatic heterocycles. The Labute approximate surface area is 185 Å². The molecule has 0 unspecified atom stereocenters. The van der Waals surface area contributed by atoms with E-state index in [-0.39, 0.29) is 18.0 Å². The van der Waals surface area contributed by atoms with Gasteiger partial charge in [0.15, 0.2) is 5.78 Å². The van der Waals surface area contributed by atoms with Gasteiger partial charge in [0.2, 0.25) is 5.91 Å². The predicted molar refractivity (Wildman–Crippen MR) is 119 cm³/mol. The summed E-state index contributed by atoms with van der Waals surface area (Å²) < 4.78 is 5.13. The van der Waals surface area contributed by atoms with Crippen LogP contribution in [0.25, 0.3) is 0 Å². The molecule has 2 amide bonds. The van der Waals surface area contributed by atoms with Gasteiger partial charge in [-0.2, -0.15) is 0 Å². The van der Waals surface area contributed by atoms with Gasteiger partial charge < -0.3 is 15.4 Å². The van der Waals surface area contributed by atoms with Crippen molar-refractivity contribution in [3.05, 3.63) is 101 Å². The van der Waals surface area contributed by atoms with Crippen LogP contribution >= 0.6 is 11.6 Å². The lowest BCUT2D eigenvalue weighted by Crippen LogP contribution is -2.42. The molecule has 2 N–H and O–H groups in total. The lowest BCUT2D eigenvalue weighted by Gasteiger charge is -2.16. The number of rotatable bonds is 7. The number of alkyl carbamates (subject to hydrolysis) is 1. The number of carbonyl (C=O) groups excluding carboxylic acids is 3. The Kier molecular flexibility index (Phi) is 7.40. The molecule has 6 nitrogen and oxygen atoms in total. The number of amides is 2. The predicted octanol–water partition coefficient (Wildman–Crippen LogP) is 4.82. The second kappa shape index (κ2) is 10.4. The summed E-state index contributed by atoms with van der Waals surface area (Å²) in [5.74, 6) is -0.776. The molecule has 0 aliphatic heterocycles. The monoisotopic (exact) mass is 436 g/mol. The Bertz CT molecular complexity index is 1070. The van der Waals surface area contributed by atoms with Crippen molar-refractivity contribution in [3.63, 3.8) is 0 Å².